The van der Waals surface area contributed by atoms with Gasteiger partial charge in [0, 0.05) is 24.0 Å². The van der Waals surface area contributed by atoms with Crippen molar-refractivity contribution in [3.63, 3.8) is 0 Å². The SMILES string of the molecule is C[C@@H]1C[C@H](n2c(Cc3coc(C4CC4)n3)nc3cnc4ccc(C#N)cc4c32)CCO1. The predicted molar refractivity (Wildman–Crippen MR) is 115 cm³/mol. The highest BCUT2D eigenvalue weighted by Gasteiger charge is 2.30. The molecule has 0 spiro atoms. The first-order valence-electron chi connectivity index (χ1n) is 10.9. The second-order valence-electron chi connectivity index (χ2n) is 8.72. The van der Waals surface area contributed by atoms with Crippen LogP contribution in [0.25, 0.3) is 21.9 Å². The quantitative estimate of drug-likeness (QED) is 0.484. The Morgan fingerprint density at radius 2 is 2.10 bits per heavy atom. The Bertz CT molecular complexity index is 1330. The number of rotatable bonds is 4. The second-order valence-corrected chi connectivity index (χ2v) is 8.72. The number of oxazole rings is 1. The van der Waals surface area contributed by atoms with E-state index in [0.717, 1.165) is 71.6 Å². The molecule has 1 aromatic carbocycles. The van der Waals surface area contributed by atoms with E-state index in [1.165, 1.54) is 0 Å². The van der Waals surface area contributed by atoms with Crippen molar-refractivity contribution in [1.29, 1.82) is 5.26 Å². The molecular formula is C24H23N5O2. The minimum atomic E-state index is 0.195. The maximum absolute atomic E-state index is 9.45. The van der Waals surface area contributed by atoms with E-state index < -0.39 is 0 Å². The molecule has 0 N–H and O–H groups in total. The fourth-order valence-electron chi connectivity index (χ4n) is 4.71. The molecule has 156 valence electrons. The van der Waals surface area contributed by atoms with Gasteiger partial charge in [-0.1, -0.05) is 0 Å². The normalized spacial score (nSPS) is 21.5. The zero-order valence-electron chi connectivity index (χ0n) is 17.4. The van der Waals surface area contributed by atoms with Crippen LogP contribution in [0, 0.1) is 11.3 Å². The molecule has 1 aliphatic heterocycles. The molecule has 6 rings (SSSR count). The van der Waals surface area contributed by atoms with E-state index in [1.807, 2.05) is 24.4 Å². The summed E-state index contributed by atoms with van der Waals surface area (Å²) in [7, 11) is 0. The van der Waals surface area contributed by atoms with Crippen molar-refractivity contribution in [3.8, 4) is 6.07 Å². The maximum atomic E-state index is 9.45. The fraction of sp³-hybridized carbons (Fsp3) is 0.417. The van der Waals surface area contributed by atoms with Crippen molar-refractivity contribution in [3.05, 3.63) is 53.6 Å². The molecule has 4 aromatic rings. The Morgan fingerprint density at radius 1 is 1.19 bits per heavy atom. The van der Waals surface area contributed by atoms with Gasteiger partial charge in [-0.25, -0.2) is 9.97 Å². The monoisotopic (exact) mass is 413 g/mol. The Labute approximate surface area is 179 Å². The average Bonchev–Trinajstić information content (AvgIpc) is 3.42. The number of aromatic nitrogens is 4. The van der Waals surface area contributed by atoms with Crippen LogP contribution in [-0.2, 0) is 11.2 Å². The van der Waals surface area contributed by atoms with Gasteiger partial charge in [-0.15, -0.1) is 0 Å². The number of ether oxygens (including phenoxy) is 1. The smallest absolute Gasteiger partial charge is 0.197 e. The van der Waals surface area contributed by atoms with E-state index in [1.54, 1.807) is 6.26 Å². The number of imidazole rings is 1. The predicted octanol–water partition coefficient (Wildman–Crippen LogP) is 4.65. The van der Waals surface area contributed by atoms with E-state index in [9.17, 15) is 5.26 Å². The van der Waals surface area contributed by atoms with Crippen LogP contribution in [0.1, 0.15) is 67.5 Å². The lowest BCUT2D eigenvalue weighted by atomic mass is 10.0. The first-order valence-corrected chi connectivity index (χ1v) is 10.9. The number of benzene rings is 1. The molecule has 7 nitrogen and oxygen atoms in total. The van der Waals surface area contributed by atoms with Crippen molar-refractivity contribution >= 4 is 21.9 Å². The number of hydrogen-bond donors (Lipinski definition) is 0. The highest BCUT2D eigenvalue weighted by molar-refractivity contribution is 6.02. The summed E-state index contributed by atoms with van der Waals surface area (Å²) >= 11 is 0. The van der Waals surface area contributed by atoms with Gasteiger partial charge in [-0.05, 0) is 50.8 Å². The number of nitrogens with zero attached hydrogens (tertiary/aromatic N) is 5. The third kappa shape index (κ3) is 3.28. The maximum Gasteiger partial charge on any atom is 0.197 e. The highest BCUT2D eigenvalue weighted by atomic mass is 16.5. The van der Waals surface area contributed by atoms with E-state index in [2.05, 4.69) is 22.5 Å². The van der Waals surface area contributed by atoms with Crippen molar-refractivity contribution in [2.45, 2.75) is 57.1 Å². The van der Waals surface area contributed by atoms with Gasteiger partial charge < -0.3 is 13.7 Å². The zero-order valence-corrected chi connectivity index (χ0v) is 17.4. The lowest BCUT2D eigenvalue weighted by Crippen LogP contribution is -2.26. The third-order valence-corrected chi connectivity index (χ3v) is 6.38. The summed E-state index contributed by atoms with van der Waals surface area (Å²) in [5, 5.41) is 10.4. The first-order chi connectivity index (χ1) is 15.2. The van der Waals surface area contributed by atoms with E-state index in [-0.39, 0.29) is 12.1 Å². The minimum Gasteiger partial charge on any atom is -0.448 e. The summed E-state index contributed by atoms with van der Waals surface area (Å²) in [6.07, 6.45) is 8.59. The fourth-order valence-corrected chi connectivity index (χ4v) is 4.71. The van der Waals surface area contributed by atoms with Crippen molar-refractivity contribution in [1.82, 2.24) is 19.5 Å². The van der Waals surface area contributed by atoms with Crippen LogP contribution in [0.15, 0.2) is 35.1 Å². The molecule has 2 aliphatic rings. The molecule has 0 amide bonds. The first kappa shape index (κ1) is 18.5. The minimum absolute atomic E-state index is 0.195. The lowest BCUT2D eigenvalue weighted by Gasteiger charge is -2.30. The Morgan fingerprint density at radius 3 is 2.90 bits per heavy atom. The van der Waals surface area contributed by atoms with Crippen LogP contribution in [-0.4, -0.2) is 32.2 Å². The van der Waals surface area contributed by atoms with Gasteiger partial charge in [0.1, 0.15) is 17.6 Å². The summed E-state index contributed by atoms with van der Waals surface area (Å²) in [6, 6.07) is 8.18. The van der Waals surface area contributed by atoms with Crippen LogP contribution < -0.4 is 0 Å². The Hall–Kier alpha value is -3.24. The average molecular weight is 413 g/mol. The molecule has 0 radical (unpaired) electrons. The largest absolute Gasteiger partial charge is 0.448 e. The van der Waals surface area contributed by atoms with E-state index >= 15 is 0 Å². The molecule has 1 aliphatic carbocycles. The molecule has 2 atom stereocenters. The van der Waals surface area contributed by atoms with Gasteiger partial charge in [0.2, 0.25) is 0 Å². The van der Waals surface area contributed by atoms with Crippen LogP contribution in [0.3, 0.4) is 0 Å². The molecule has 3 aromatic heterocycles. The van der Waals surface area contributed by atoms with Crippen molar-refractivity contribution in [2.24, 2.45) is 0 Å². The van der Waals surface area contributed by atoms with Gasteiger partial charge >= 0.3 is 0 Å². The van der Waals surface area contributed by atoms with E-state index in [4.69, 9.17) is 19.1 Å². The van der Waals surface area contributed by atoms with E-state index in [0.29, 0.717) is 17.9 Å². The number of fused-ring (bicyclic) bond motifs is 3. The summed E-state index contributed by atoms with van der Waals surface area (Å²) in [4.78, 5) is 14.3. The number of pyridine rings is 1. The molecule has 2 fully saturated rings. The lowest BCUT2D eigenvalue weighted by molar-refractivity contribution is 0.00631. The van der Waals surface area contributed by atoms with Crippen LogP contribution in [0.4, 0.5) is 0 Å². The molecular weight excluding hydrogens is 390 g/mol. The van der Waals surface area contributed by atoms with Crippen LogP contribution in [0.5, 0.6) is 0 Å². The highest BCUT2D eigenvalue weighted by Crippen LogP contribution is 2.40. The molecule has 7 heteroatoms. The summed E-state index contributed by atoms with van der Waals surface area (Å²) in [6.45, 7) is 2.85. The molecule has 1 saturated carbocycles. The topological polar surface area (TPSA) is 89.8 Å². The summed E-state index contributed by atoms with van der Waals surface area (Å²) < 4.78 is 13.9. The molecule has 31 heavy (non-hydrogen) atoms. The Kier molecular flexibility index (Phi) is 4.29. The van der Waals surface area contributed by atoms with Gasteiger partial charge in [0.05, 0.1) is 47.1 Å². The molecule has 4 heterocycles. The van der Waals surface area contributed by atoms with Crippen LogP contribution in [0.2, 0.25) is 0 Å². The number of hydrogen-bond acceptors (Lipinski definition) is 6. The van der Waals surface area contributed by atoms with Gasteiger partial charge in [0.25, 0.3) is 0 Å². The molecule has 1 saturated heterocycles. The zero-order chi connectivity index (χ0) is 20.9. The summed E-state index contributed by atoms with van der Waals surface area (Å²) in [5.74, 6) is 2.30. The van der Waals surface area contributed by atoms with Gasteiger partial charge in [-0.2, -0.15) is 5.26 Å². The van der Waals surface area contributed by atoms with Gasteiger partial charge in [-0.3, -0.25) is 4.98 Å². The molecule has 0 bridgehead atoms. The van der Waals surface area contributed by atoms with Crippen molar-refractivity contribution < 1.29 is 9.15 Å². The Balaban J connectivity index is 1.53. The number of nitriles is 1. The van der Waals surface area contributed by atoms with Gasteiger partial charge in [0.15, 0.2) is 5.89 Å². The summed E-state index contributed by atoms with van der Waals surface area (Å²) in [5.41, 5.74) is 4.30. The molecule has 0 unspecified atom stereocenters. The van der Waals surface area contributed by atoms with Crippen LogP contribution >= 0.6 is 0 Å². The standard InChI is InChI=1S/C24H23N5O2/c1-14-8-18(6-7-30-14)29-22(10-17-13-31-24(27-17)16-3-4-16)28-21-12-26-20-5-2-15(11-25)9-19(20)23(21)29/h2,5,9,12-14,16,18H,3-4,6-8,10H2,1H3/t14-,18-/m1/s1. The third-order valence-electron chi connectivity index (χ3n) is 6.38. The second kappa shape index (κ2) is 7.17. The van der Waals surface area contributed by atoms with Crippen molar-refractivity contribution in [2.75, 3.05) is 6.61 Å².